The second kappa shape index (κ2) is 6.56. The molecule has 5 nitrogen and oxygen atoms in total. The van der Waals surface area contributed by atoms with Crippen LogP contribution in [0.1, 0.15) is 37.7 Å². The first-order chi connectivity index (χ1) is 10.6. The summed E-state index contributed by atoms with van der Waals surface area (Å²) in [6.07, 6.45) is 6.45. The average molecular weight is 324 g/mol. The van der Waals surface area contributed by atoms with Crippen molar-refractivity contribution in [3.63, 3.8) is 0 Å². The third kappa shape index (κ3) is 3.29. The smallest absolute Gasteiger partial charge is 0.240 e. The molecule has 6 heteroatoms. The van der Waals surface area contributed by atoms with E-state index in [1.165, 1.54) is 19.3 Å². The lowest BCUT2D eigenvalue weighted by molar-refractivity contribution is 0.294. The molecule has 1 heterocycles. The molecule has 0 bridgehead atoms. The van der Waals surface area contributed by atoms with E-state index in [-0.39, 0.29) is 6.04 Å². The minimum Gasteiger partial charge on any atom is -0.493 e. The molecule has 1 unspecified atom stereocenters. The van der Waals surface area contributed by atoms with Gasteiger partial charge in [-0.2, -0.15) is 0 Å². The third-order valence-corrected chi connectivity index (χ3v) is 6.24. The van der Waals surface area contributed by atoms with E-state index in [0.29, 0.717) is 24.0 Å². The summed E-state index contributed by atoms with van der Waals surface area (Å²) in [6.45, 7) is 0.970. The van der Waals surface area contributed by atoms with Crippen LogP contribution < -0.4 is 15.2 Å². The molecule has 1 aliphatic carbocycles. The van der Waals surface area contributed by atoms with E-state index >= 15 is 0 Å². The van der Waals surface area contributed by atoms with E-state index in [2.05, 4.69) is 4.72 Å². The highest BCUT2D eigenvalue weighted by molar-refractivity contribution is 7.89. The molecular formula is C16H24N2O3S. The summed E-state index contributed by atoms with van der Waals surface area (Å²) in [5.41, 5.74) is 6.79. The maximum atomic E-state index is 12.6. The maximum absolute atomic E-state index is 12.6. The molecule has 1 saturated carbocycles. The van der Waals surface area contributed by atoms with Crippen molar-refractivity contribution in [3.8, 4) is 5.75 Å². The van der Waals surface area contributed by atoms with Crippen LogP contribution in [0, 0.1) is 5.92 Å². The van der Waals surface area contributed by atoms with Gasteiger partial charge in [-0.3, -0.25) is 0 Å². The molecule has 22 heavy (non-hydrogen) atoms. The van der Waals surface area contributed by atoms with Gasteiger partial charge < -0.3 is 10.5 Å². The summed E-state index contributed by atoms with van der Waals surface area (Å²) in [5.74, 6) is 1.15. The van der Waals surface area contributed by atoms with Crippen molar-refractivity contribution in [2.24, 2.45) is 11.7 Å². The molecule has 122 valence electrons. The van der Waals surface area contributed by atoms with Gasteiger partial charge in [-0.25, -0.2) is 13.1 Å². The number of nitrogens with two attached hydrogens (primary N) is 1. The Morgan fingerprint density at radius 3 is 2.77 bits per heavy atom. The van der Waals surface area contributed by atoms with Gasteiger partial charge in [-0.1, -0.05) is 19.3 Å². The Kier molecular flexibility index (Phi) is 4.70. The van der Waals surface area contributed by atoms with Crippen LogP contribution in [-0.4, -0.2) is 27.6 Å². The van der Waals surface area contributed by atoms with E-state index in [1.807, 2.05) is 0 Å². The SMILES string of the molecule is NCC(NS(=O)(=O)c1ccc2c(c1)CCO2)C1CCCCC1. The Hall–Kier alpha value is -1.11. The molecule has 1 atom stereocenters. The topological polar surface area (TPSA) is 81.4 Å². The zero-order chi connectivity index (χ0) is 15.6. The second-order valence-corrected chi connectivity index (χ2v) is 7.94. The van der Waals surface area contributed by atoms with Crippen LogP contribution in [0.4, 0.5) is 0 Å². The van der Waals surface area contributed by atoms with Crippen molar-refractivity contribution < 1.29 is 13.2 Å². The number of benzene rings is 1. The van der Waals surface area contributed by atoms with E-state index in [0.717, 1.165) is 30.6 Å². The summed E-state index contributed by atoms with van der Waals surface area (Å²) in [7, 11) is -3.53. The molecule has 1 aliphatic heterocycles. The highest BCUT2D eigenvalue weighted by Crippen LogP contribution is 2.29. The number of sulfonamides is 1. The van der Waals surface area contributed by atoms with Crippen molar-refractivity contribution >= 4 is 10.0 Å². The van der Waals surface area contributed by atoms with Gasteiger partial charge in [0.25, 0.3) is 0 Å². The quantitative estimate of drug-likeness (QED) is 0.865. The summed E-state index contributed by atoms with van der Waals surface area (Å²) in [6, 6.07) is 4.91. The van der Waals surface area contributed by atoms with E-state index in [1.54, 1.807) is 18.2 Å². The van der Waals surface area contributed by atoms with Gasteiger partial charge in [-0.15, -0.1) is 0 Å². The number of fused-ring (bicyclic) bond motifs is 1. The molecule has 0 saturated heterocycles. The van der Waals surface area contributed by atoms with E-state index in [4.69, 9.17) is 10.5 Å². The van der Waals surface area contributed by atoms with Gasteiger partial charge >= 0.3 is 0 Å². The molecule has 0 radical (unpaired) electrons. The lowest BCUT2D eigenvalue weighted by Gasteiger charge is -2.29. The highest BCUT2D eigenvalue weighted by Gasteiger charge is 2.28. The van der Waals surface area contributed by atoms with Gasteiger partial charge in [0, 0.05) is 19.0 Å². The Bertz CT molecular complexity index is 624. The standard InChI is InChI=1S/C16H24N2O3S/c17-11-15(12-4-2-1-3-5-12)18-22(19,20)14-6-7-16-13(10-14)8-9-21-16/h6-7,10,12,15,18H,1-5,8-9,11,17H2. The fourth-order valence-electron chi connectivity index (χ4n) is 3.47. The van der Waals surface area contributed by atoms with Crippen molar-refractivity contribution in [1.29, 1.82) is 0 Å². The van der Waals surface area contributed by atoms with Gasteiger partial charge in [0.1, 0.15) is 5.75 Å². The predicted molar refractivity (Wildman–Crippen MR) is 85.4 cm³/mol. The van der Waals surface area contributed by atoms with Crippen LogP contribution in [0.3, 0.4) is 0 Å². The largest absolute Gasteiger partial charge is 0.493 e. The molecule has 0 spiro atoms. The number of hydrogen-bond donors (Lipinski definition) is 2. The fraction of sp³-hybridized carbons (Fsp3) is 0.625. The van der Waals surface area contributed by atoms with Gasteiger partial charge in [0.2, 0.25) is 10.0 Å². The van der Waals surface area contributed by atoms with E-state index < -0.39 is 10.0 Å². The number of rotatable bonds is 5. The third-order valence-electron chi connectivity index (χ3n) is 4.75. The fourth-order valence-corrected chi connectivity index (χ4v) is 4.84. The van der Waals surface area contributed by atoms with Crippen LogP contribution in [0.25, 0.3) is 0 Å². The number of nitrogens with one attached hydrogen (secondary N) is 1. The van der Waals surface area contributed by atoms with Gasteiger partial charge in [0.15, 0.2) is 0 Å². The van der Waals surface area contributed by atoms with E-state index in [9.17, 15) is 8.42 Å². The summed E-state index contributed by atoms with van der Waals surface area (Å²) < 4.78 is 33.5. The van der Waals surface area contributed by atoms with Crippen LogP contribution in [-0.2, 0) is 16.4 Å². The maximum Gasteiger partial charge on any atom is 0.240 e. The summed E-state index contributed by atoms with van der Waals surface area (Å²) in [5, 5.41) is 0. The lowest BCUT2D eigenvalue weighted by Crippen LogP contribution is -2.45. The van der Waals surface area contributed by atoms with Crippen LogP contribution in [0.2, 0.25) is 0 Å². The average Bonchev–Trinajstić information content (AvgIpc) is 3.01. The van der Waals surface area contributed by atoms with Gasteiger partial charge in [-0.05, 0) is 42.5 Å². The van der Waals surface area contributed by atoms with Crippen LogP contribution >= 0.6 is 0 Å². The molecule has 2 aliphatic rings. The zero-order valence-electron chi connectivity index (χ0n) is 12.8. The van der Waals surface area contributed by atoms with Crippen LogP contribution in [0.15, 0.2) is 23.1 Å². The van der Waals surface area contributed by atoms with Crippen molar-refractivity contribution in [3.05, 3.63) is 23.8 Å². The monoisotopic (exact) mass is 324 g/mol. The number of ether oxygens (including phenoxy) is 1. The first-order valence-electron chi connectivity index (χ1n) is 8.08. The first-order valence-corrected chi connectivity index (χ1v) is 9.56. The Morgan fingerprint density at radius 2 is 2.05 bits per heavy atom. The normalized spacial score (nSPS) is 20.4. The molecule has 3 rings (SSSR count). The lowest BCUT2D eigenvalue weighted by atomic mass is 9.84. The van der Waals surface area contributed by atoms with Crippen molar-refractivity contribution in [2.45, 2.75) is 49.5 Å². The van der Waals surface area contributed by atoms with Crippen molar-refractivity contribution in [2.75, 3.05) is 13.2 Å². The molecule has 1 aromatic rings. The first kappa shape index (κ1) is 15.8. The van der Waals surface area contributed by atoms with Crippen LogP contribution in [0.5, 0.6) is 5.75 Å². The minimum absolute atomic E-state index is 0.171. The molecule has 1 fully saturated rings. The molecular weight excluding hydrogens is 300 g/mol. The molecule has 0 aromatic heterocycles. The summed E-state index contributed by atoms with van der Waals surface area (Å²) >= 11 is 0. The molecule has 1 aromatic carbocycles. The highest BCUT2D eigenvalue weighted by atomic mass is 32.2. The zero-order valence-corrected chi connectivity index (χ0v) is 13.6. The Morgan fingerprint density at radius 1 is 1.27 bits per heavy atom. The number of hydrogen-bond acceptors (Lipinski definition) is 4. The second-order valence-electron chi connectivity index (χ2n) is 6.23. The molecule has 3 N–H and O–H groups in total. The summed E-state index contributed by atoms with van der Waals surface area (Å²) in [4.78, 5) is 0.311. The van der Waals surface area contributed by atoms with Gasteiger partial charge in [0.05, 0.1) is 11.5 Å². The minimum atomic E-state index is -3.53. The predicted octanol–water partition coefficient (Wildman–Crippen LogP) is 1.81. The Labute approximate surface area is 132 Å². The van der Waals surface area contributed by atoms with Crippen molar-refractivity contribution in [1.82, 2.24) is 4.72 Å². The molecule has 0 amide bonds. The Balaban J connectivity index is 1.77.